The summed E-state index contributed by atoms with van der Waals surface area (Å²) in [6, 6.07) is 7.72. The number of para-hydroxylation sites is 1. The second kappa shape index (κ2) is 8.31. The number of aryl methyl sites for hydroxylation is 2. The minimum atomic E-state index is -0.105. The van der Waals surface area contributed by atoms with E-state index in [0.717, 1.165) is 40.1 Å². The number of carbonyl (C=O) groups is 1. The number of rotatable bonds is 5. The van der Waals surface area contributed by atoms with Crippen LogP contribution in [0.5, 0.6) is 0 Å². The summed E-state index contributed by atoms with van der Waals surface area (Å²) in [6.45, 7) is 0. The van der Waals surface area contributed by atoms with Crippen molar-refractivity contribution in [3.63, 3.8) is 0 Å². The van der Waals surface area contributed by atoms with Gasteiger partial charge in [-0.3, -0.25) is 14.2 Å². The molecule has 1 N–H and O–H groups in total. The first-order valence-electron chi connectivity index (χ1n) is 9.15. The van der Waals surface area contributed by atoms with Gasteiger partial charge >= 0.3 is 0 Å². The van der Waals surface area contributed by atoms with Crippen LogP contribution in [0.2, 0.25) is 0 Å². The maximum absolute atomic E-state index is 12.9. The number of nitrogens with one attached hydrogen (secondary N) is 1. The van der Waals surface area contributed by atoms with Crippen LogP contribution in [-0.4, -0.2) is 27.5 Å². The number of nitrogens with zero attached hydrogens (tertiary/aromatic N) is 2. The van der Waals surface area contributed by atoms with Gasteiger partial charge in [0.2, 0.25) is 5.91 Å². The molecule has 3 aromatic rings. The van der Waals surface area contributed by atoms with Gasteiger partial charge in [-0.25, -0.2) is 4.98 Å². The molecule has 1 aliphatic rings. The Morgan fingerprint density at radius 1 is 1.29 bits per heavy atom. The monoisotopic (exact) mass is 431 g/mol. The average molecular weight is 432 g/mol. The van der Waals surface area contributed by atoms with Crippen LogP contribution in [0.4, 0.5) is 5.69 Å². The van der Waals surface area contributed by atoms with Crippen LogP contribution >= 0.6 is 34.9 Å². The Labute approximate surface area is 175 Å². The lowest BCUT2D eigenvalue weighted by atomic mass is 9.97. The third kappa shape index (κ3) is 3.73. The molecular formula is C20H21N3O2S3. The topological polar surface area (TPSA) is 64.0 Å². The highest BCUT2D eigenvalue weighted by Gasteiger charge is 2.21. The van der Waals surface area contributed by atoms with Gasteiger partial charge in [-0.15, -0.1) is 23.1 Å². The number of thiophene rings is 1. The van der Waals surface area contributed by atoms with E-state index in [1.807, 2.05) is 30.5 Å². The van der Waals surface area contributed by atoms with Gasteiger partial charge < -0.3 is 5.32 Å². The molecule has 1 aromatic carbocycles. The summed E-state index contributed by atoms with van der Waals surface area (Å²) in [4.78, 5) is 33.2. The van der Waals surface area contributed by atoms with Crippen molar-refractivity contribution in [2.24, 2.45) is 7.05 Å². The van der Waals surface area contributed by atoms with Crippen molar-refractivity contribution in [2.75, 3.05) is 17.3 Å². The molecule has 1 aliphatic carbocycles. The first-order valence-corrected chi connectivity index (χ1v) is 12.2. The SMILES string of the molecule is CSc1ccccc1NC(=O)CSc1nc2sc3c(c2c(=O)n1C)CCCC3. The lowest BCUT2D eigenvalue weighted by Gasteiger charge is -2.11. The van der Waals surface area contributed by atoms with E-state index >= 15 is 0 Å². The molecule has 146 valence electrons. The molecule has 8 heteroatoms. The van der Waals surface area contributed by atoms with E-state index in [9.17, 15) is 9.59 Å². The summed E-state index contributed by atoms with van der Waals surface area (Å²) < 4.78 is 1.58. The molecule has 2 aromatic heterocycles. The number of hydrogen-bond acceptors (Lipinski definition) is 6. The van der Waals surface area contributed by atoms with Crippen molar-refractivity contribution in [1.29, 1.82) is 0 Å². The predicted octanol–water partition coefficient (Wildman–Crippen LogP) is 4.33. The van der Waals surface area contributed by atoms with Crippen LogP contribution in [0, 0.1) is 0 Å². The molecule has 0 fully saturated rings. The number of thioether (sulfide) groups is 2. The summed E-state index contributed by atoms with van der Waals surface area (Å²) in [5, 5.41) is 4.32. The molecule has 0 atom stereocenters. The van der Waals surface area contributed by atoms with Gasteiger partial charge in [0.05, 0.1) is 16.8 Å². The number of amides is 1. The molecule has 0 aliphatic heterocycles. The van der Waals surface area contributed by atoms with E-state index in [-0.39, 0.29) is 17.2 Å². The summed E-state index contributed by atoms with van der Waals surface area (Å²) in [5.41, 5.74) is 2.01. The number of benzene rings is 1. The maximum Gasteiger partial charge on any atom is 0.262 e. The minimum absolute atomic E-state index is 0.0000341. The third-order valence-corrected chi connectivity index (χ3v) is 7.88. The molecule has 0 radical (unpaired) electrons. The molecule has 0 unspecified atom stereocenters. The molecule has 2 heterocycles. The second-order valence-electron chi connectivity index (χ2n) is 6.69. The Morgan fingerprint density at radius 2 is 2.07 bits per heavy atom. The van der Waals surface area contributed by atoms with E-state index in [1.165, 1.54) is 28.6 Å². The molecule has 0 spiro atoms. The van der Waals surface area contributed by atoms with Crippen LogP contribution in [0.1, 0.15) is 23.3 Å². The number of fused-ring (bicyclic) bond motifs is 3. The maximum atomic E-state index is 12.9. The Morgan fingerprint density at radius 3 is 2.89 bits per heavy atom. The fraction of sp³-hybridized carbons (Fsp3) is 0.350. The molecule has 0 saturated heterocycles. The van der Waals surface area contributed by atoms with Gasteiger partial charge in [0, 0.05) is 16.8 Å². The largest absolute Gasteiger partial charge is 0.324 e. The smallest absolute Gasteiger partial charge is 0.262 e. The minimum Gasteiger partial charge on any atom is -0.324 e. The van der Waals surface area contributed by atoms with Crippen LogP contribution in [0.15, 0.2) is 39.1 Å². The van der Waals surface area contributed by atoms with Crippen molar-refractivity contribution in [1.82, 2.24) is 9.55 Å². The molecule has 5 nitrogen and oxygen atoms in total. The Kier molecular flexibility index (Phi) is 5.80. The van der Waals surface area contributed by atoms with E-state index in [0.29, 0.717) is 5.16 Å². The first-order chi connectivity index (χ1) is 13.6. The van der Waals surface area contributed by atoms with Gasteiger partial charge in [0.1, 0.15) is 4.83 Å². The average Bonchev–Trinajstić information content (AvgIpc) is 3.08. The molecule has 0 bridgehead atoms. The highest BCUT2D eigenvalue weighted by atomic mass is 32.2. The zero-order valence-electron chi connectivity index (χ0n) is 15.8. The summed E-state index contributed by atoms with van der Waals surface area (Å²) in [7, 11) is 1.74. The quantitative estimate of drug-likeness (QED) is 0.481. The Balaban J connectivity index is 1.54. The fourth-order valence-electron chi connectivity index (χ4n) is 3.46. The van der Waals surface area contributed by atoms with Gasteiger partial charge in [0.15, 0.2) is 5.16 Å². The Hall–Kier alpha value is -1.77. The predicted molar refractivity (Wildman–Crippen MR) is 119 cm³/mol. The van der Waals surface area contributed by atoms with Crippen LogP contribution < -0.4 is 10.9 Å². The molecular weight excluding hydrogens is 410 g/mol. The number of hydrogen-bond donors (Lipinski definition) is 1. The molecule has 1 amide bonds. The van der Waals surface area contributed by atoms with Gasteiger partial charge in [-0.2, -0.15) is 0 Å². The third-order valence-electron chi connectivity index (χ3n) is 4.87. The fourth-order valence-corrected chi connectivity index (χ4v) is 6.09. The van der Waals surface area contributed by atoms with E-state index in [2.05, 4.69) is 5.32 Å². The first kappa shape index (κ1) is 19.5. The highest BCUT2D eigenvalue weighted by molar-refractivity contribution is 7.99. The number of aromatic nitrogens is 2. The molecule has 4 rings (SSSR count). The van der Waals surface area contributed by atoms with Gasteiger partial charge in [0.25, 0.3) is 5.56 Å². The number of carbonyl (C=O) groups excluding carboxylic acids is 1. The zero-order chi connectivity index (χ0) is 19.7. The van der Waals surface area contributed by atoms with Crippen LogP contribution in [0.25, 0.3) is 10.2 Å². The van der Waals surface area contributed by atoms with E-state index < -0.39 is 0 Å². The standard InChI is InChI=1S/C20H21N3O2S3/c1-23-19(25)17-12-7-3-5-9-14(12)28-18(17)22-20(23)27-11-16(24)21-13-8-4-6-10-15(13)26-2/h4,6,8,10H,3,5,7,9,11H2,1-2H3,(H,21,24). The lowest BCUT2D eigenvalue weighted by molar-refractivity contribution is -0.113. The zero-order valence-corrected chi connectivity index (χ0v) is 18.2. The van der Waals surface area contributed by atoms with Gasteiger partial charge in [-0.05, 0) is 49.6 Å². The molecule has 28 heavy (non-hydrogen) atoms. The Bertz CT molecular complexity index is 1100. The van der Waals surface area contributed by atoms with Crippen molar-refractivity contribution < 1.29 is 4.79 Å². The van der Waals surface area contributed by atoms with Crippen molar-refractivity contribution in [3.8, 4) is 0 Å². The van der Waals surface area contributed by atoms with Crippen molar-refractivity contribution in [3.05, 3.63) is 45.1 Å². The second-order valence-corrected chi connectivity index (χ2v) is 9.56. The van der Waals surface area contributed by atoms with Crippen LogP contribution in [-0.2, 0) is 24.7 Å². The summed E-state index contributed by atoms with van der Waals surface area (Å²) >= 11 is 4.53. The van der Waals surface area contributed by atoms with Crippen molar-refractivity contribution >= 4 is 56.7 Å². The van der Waals surface area contributed by atoms with E-state index in [1.54, 1.807) is 34.7 Å². The lowest BCUT2D eigenvalue weighted by Crippen LogP contribution is -2.22. The molecule has 0 saturated carbocycles. The highest BCUT2D eigenvalue weighted by Crippen LogP contribution is 2.34. The van der Waals surface area contributed by atoms with Crippen LogP contribution in [0.3, 0.4) is 0 Å². The van der Waals surface area contributed by atoms with E-state index in [4.69, 9.17) is 4.98 Å². The van der Waals surface area contributed by atoms with Crippen molar-refractivity contribution in [2.45, 2.75) is 35.7 Å². The summed E-state index contributed by atoms with van der Waals surface area (Å²) in [6.07, 6.45) is 6.31. The summed E-state index contributed by atoms with van der Waals surface area (Å²) in [5.74, 6) is 0.103. The number of anilines is 1. The van der Waals surface area contributed by atoms with Gasteiger partial charge in [-0.1, -0.05) is 23.9 Å². The normalized spacial score (nSPS) is 13.5.